The summed E-state index contributed by atoms with van der Waals surface area (Å²) in [6.07, 6.45) is 15.2. The van der Waals surface area contributed by atoms with Crippen LogP contribution in [0.15, 0.2) is 17.0 Å². The van der Waals surface area contributed by atoms with Gasteiger partial charge in [-0.1, -0.05) is 76.3 Å². The van der Waals surface area contributed by atoms with Gasteiger partial charge < -0.3 is 5.32 Å². The largest absolute Gasteiger partial charge is 0.370 e. The Bertz CT molecular complexity index is 332. The van der Waals surface area contributed by atoms with E-state index in [0.29, 0.717) is 5.17 Å². The van der Waals surface area contributed by atoms with Gasteiger partial charge in [0.2, 0.25) is 0 Å². The number of nitrogens with one attached hydrogen (secondary N) is 2. The van der Waals surface area contributed by atoms with Gasteiger partial charge in [-0.15, -0.1) is 9.74 Å². The second-order valence-corrected chi connectivity index (χ2v) is 6.17. The maximum absolute atomic E-state index is 5.82. The second kappa shape index (κ2) is 12.0. The van der Waals surface area contributed by atoms with Gasteiger partial charge in [0.1, 0.15) is 5.82 Å². The van der Waals surface area contributed by atoms with Gasteiger partial charge in [0, 0.05) is 12.6 Å². The molecule has 0 aromatic heterocycles. The smallest absolute Gasteiger partial charge is 0.156 e. The summed E-state index contributed by atoms with van der Waals surface area (Å²) in [5.41, 5.74) is 2.86. The van der Waals surface area contributed by atoms with Crippen molar-refractivity contribution in [3.8, 4) is 0 Å². The van der Waals surface area contributed by atoms with Crippen molar-refractivity contribution < 1.29 is 0 Å². The van der Waals surface area contributed by atoms with E-state index in [4.69, 9.17) is 23.4 Å². The number of hydrogen-bond donors (Lipinski definition) is 2. The minimum atomic E-state index is 0.370. The molecular weight excluding hydrogens is 307 g/mol. The van der Waals surface area contributed by atoms with Gasteiger partial charge in [0.25, 0.3) is 0 Å². The topological polar surface area (TPSA) is 39.7 Å². The summed E-state index contributed by atoms with van der Waals surface area (Å²) in [4.78, 5) is 0. The first-order chi connectivity index (χ1) is 10.2. The first-order valence-electron chi connectivity index (χ1n) is 8.14. The molecule has 1 rings (SSSR count). The van der Waals surface area contributed by atoms with Gasteiger partial charge in [-0.3, -0.25) is 5.43 Å². The zero-order valence-electron chi connectivity index (χ0n) is 13.0. The lowest BCUT2D eigenvalue weighted by Crippen LogP contribution is -2.36. The molecule has 21 heavy (non-hydrogen) atoms. The third-order valence-corrected chi connectivity index (χ3v) is 3.85. The average Bonchev–Trinajstić information content (AvgIpc) is 2.44. The summed E-state index contributed by atoms with van der Waals surface area (Å²) in [7, 11) is 0. The van der Waals surface area contributed by atoms with Crippen LogP contribution in [-0.4, -0.2) is 16.4 Å². The molecule has 0 aromatic carbocycles. The molecule has 2 N–H and O–H groups in total. The Labute approximate surface area is 139 Å². The number of halogens is 2. The third kappa shape index (κ3) is 9.86. The van der Waals surface area contributed by atoms with E-state index in [2.05, 4.69) is 22.8 Å². The van der Waals surface area contributed by atoms with Crippen molar-refractivity contribution in [3.05, 3.63) is 11.9 Å². The Balaban J connectivity index is 1.88. The molecule has 0 spiro atoms. The number of hydrazone groups is 1. The number of nitrogens with zero attached hydrogens (tertiary/aromatic N) is 2. The molecule has 6 heteroatoms. The van der Waals surface area contributed by atoms with Crippen LogP contribution >= 0.6 is 23.4 Å². The minimum absolute atomic E-state index is 0.370. The Hall–Kier alpha value is -0.610. The maximum Gasteiger partial charge on any atom is 0.156 e. The van der Waals surface area contributed by atoms with Crippen molar-refractivity contribution in [2.45, 2.75) is 71.1 Å². The molecule has 0 bridgehead atoms. The Morgan fingerprint density at radius 1 is 1.05 bits per heavy atom. The van der Waals surface area contributed by atoms with Crippen LogP contribution < -0.4 is 10.7 Å². The van der Waals surface area contributed by atoms with Gasteiger partial charge >= 0.3 is 0 Å². The van der Waals surface area contributed by atoms with E-state index in [1.807, 2.05) is 0 Å². The molecule has 1 aliphatic heterocycles. The van der Waals surface area contributed by atoms with Crippen LogP contribution in [0.2, 0.25) is 0 Å². The molecule has 0 fully saturated rings. The van der Waals surface area contributed by atoms with Crippen molar-refractivity contribution in [2.24, 2.45) is 5.10 Å². The highest BCUT2D eigenvalue weighted by molar-refractivity contribution is 6.68. The van der Waals surface area contributed by atoms with Crippen LogP contribution in [0.3, 0.4) is 0 Å². The van der Waals surface area contributed by atoms with E-state index in [-0.39, 0.29) is 0 Å². The predicted octanol–water partition coefficient (Wildman–Crippen LogP) is 4.86. The standard InChI is InChI=1S/C15H28Cl2N4/c1-2-3-4-5-6-7-8-9-10-11-12-18-15-13-14(16)19-21(17)20-15/h13,18,20H,2-12H2,1H3. The van der Waals surface area contributed by atoms with Gasteiger partial charge in [-0.05, 0) is 6.42 Å². The molecular formula is C15H28Cl2N4. The average molecular weight is 335 g/mol. The fourth-order valence-corrected chi connectivity index (χ4v) is 2.71. The molecule has 0 radical (unpaired) electrons. The van der Waals surface area contributed by atoms with Crippen LogP contribution in [0.4, 0.5) is 0 Å². The molecule has 4 nitrogen and oxygen atoms in total. The number of hydrazine groups is 1. The number of hydrogen-bond acceptors (Lipinski definition) is 4. The van der Waals surface area contributed by atoms with Crippen molar-refractivity contribution >= 4 is 28.5 Å². The highest BCUT2D eigenvalue weighted by Gasteiger charge is 2.08. The Morgan fingerprint density at radius 3 is 2.19 bits per heavy atom. The van der Waals surface area contributed by atoms with Crippen LogP contribution in [-0.2, 0) is 0 Å². The summed E-state index contributed by atoms with van der Waals surface area (Å²) in [5, 5.41) is 7.43. The van der Waals surface area contributed by atoms with E-state index >= 15 is 0 Å². The molecule has 122 valence electrons. The van der Waals surface area contributed by atoms with E-state index in [1.54, 1.807) is 6.08 Å². The molecule has 0 saturated heterocycles. The van der Waals surface area contributed by atoms with Crippen molar-refractivity contribution in [3.63, 3.8) is 0 Å². The fraction of sp³-hybridized carbons (Fsp3) is 0.800. The quantitative estimate of drug-likeness (QED) is 0.395. The molecule has 0 saturated carbocycles. The van der Waals surface area contributed by atoms with Gasteiger partial charge in [-0.25, -0.2) is 0 Å². The number of rotatable bonds is 12. The molecule has 0 aliphatic carbocycles. The molecule has 0 aromatic rings. The summed E-state index contributed by atoms with van der Waals surface area (Å²) in [6.45, 7) is 3.18. The molecule has 0 unspecified atom stereocenters. The summed E-state index contributed by atoms with van der Waals surface area (Å²) < 4.78 is 1.09. The number of unbranched alkanes of at least 4 members (excludes halogenated alkanes) is 9. The van der Waals surface area contributed by atoms with Crippen molar-refractivity contribution in [2.75, 3.05) is 6.54 Å². The van der Waals surface area contributed by atoms with Gasteiger partial charge in [0.15, 0.2) is 5.17 Å². The SMILES string of the molecule is CCCCCCCCCCCCNC1=CC(Cl)=NN(Cl)N1. The highest BCUT2D eigenvalue weighted by atomic mass is 35.5. The van der Waals surface area contributed by atoms with Gasteiger partial charge in [-0.2, -0.15) is 0 Å². The Morgan fingerprint density at radius 2 is 1.62 bits per heavy atom. The monoisotopic (exact) mass is 334 g/mol. The molecule has 1 aliphatic rings. The normalized spacial score (nSPS) is 14.5. The first-order valence-corrected chi connectivity index (χ1v) is 8.86. The lowest BCUT2D eigenvalue weighted by molar-refractivity contribution is 0.375. The van der Waals surface area contributed by atoms with Crippen LogP contribution in [0.1, 0.15) is 71.1 Å². The van der Waals surface area contributed by atoms with Crippen LogP contribution in [0.5, 0.6) is 0 Å². The van der Waals surface area contributed by atoms with E-state index in [1.165, 1.54) is 57.8 Å². The molecule has 0 atom stereocenters. The maximum atomic E-state index is 5.82. The molecule has 1 heterocycles. The Kier molecular flexibility index (Phi) is 10.5. The first kappa shape index (κ1) is 18.4. The van der Waals surface area contributed by atoms with E-state index in [9.17, 15) is 0 Å². The zero-order valence-corrected chi connectivity index (χ0v) is 14.5. The van der Waals surface area contributed by atoms with Crippen molar-refractivity contribution in [1.29, 1.82) is 0 Å². The van der Waals surface area contributed by atoms with E-state index < -0.39 is 0 Å². The van der Waals surface area contributed by atoms with Crippen LogP contribution in [0.25, 0.3) is 0 Å². The van der Waals surface area contributed by atoms with Crippen molar-refractivity contribution in [1.82, 2.24) is 15.4 Å². The number of allylic oxidation sites excluding steroid dienone is 1. The fourth-order valence-electron chi connectivity index (χ4n) is 2.31. The lowest BCUT2D eigenvalue weighted by Gasteiger charge is -2.20. The predicted molar refractivity (Wildman–Crippen MR) is 92.0 cm³/mol. The van der Waals surface area contributed by atoms with Crippen LogP contribution in [0, 0.1) is 0 Å². The summed E-state index contributed by atoms with van der Waals surface area (Å²) >= 11 is 11.5. The summed E-state index contributed by atoms with van der Waals surface area (Å²) in [5.74, 6) is 0.793. The summed E-state index contributed by atoms with van der Waals surface area (Å²) in [6, 6.07) is 0. The van der Waals surface area contributed by atoms with E-state index in [0.717, 1.165) is 23.4 Å². The second-order valence-electron chi connectivity index (χ2n) is 5.46. The molecule has 0 amide bonds. The minimum Gasteiger partial charge on any atom is -0.370 e. The zero-order chi connectivity index (χ0) is 15.3. The lowest BCUT2D eigenvalue weighted by atomic mass is 10.1. The van der Waals surface area contributed by atoms with Gasteiger partial charge in [0.05, 0.1) is 11.8 Å². The highest BCUT2D eigenvalue weighted by Crippen LogP contribution is 2.10. The third-order valence-electron chi connectivity index (χ3n) is 3.51.